The maximum atomic E-state index is 11.1. The summed E-state index contributed by atoms with van der Waals surface area (Å²) in [6, 6.07) is 13.0. The number of carbonyl (C=O) groups is 1. The van der Waals surface area contributed by atoms with Crippen LogP contribution in [0.25, 0.3) is 0 Å². The third-order valence-corrected chi connectivity index (χ3v) is 6.89. The van der Waals surface area contributed by atoms with Gasteiger partial charge in [-0.3, -0.25) is 0 Å². The van der Waals surface area contributed by atoms with Gasteiger partial charge in [0.2, 0.25) is 5.79 Å². The van der Waals surface area contributed by atoms with E-state index in [0.29, 0.717) is 67.3 Å². The molecule has 5 rings (SSSR count). The molecule has 0 saturated carbocycles. The second-order valence-electron chi connectivity index (χ2n) is 8.72. The first-order chi connectivity index (χ1) is 17.4. The number of ether oxygens (including phenoxy) is 3. The van der Waals surface area contributed by atoms with Crippen LogP contribution in [0.4, 0.5) is 10.5 Å². The second-order valence-corrected chi connectivity index (χ2v) is 9.57. The lowest BCUT2D eigenvalue weighted by molar-refractivity contribution is -0.189. The van der Waals surface area contributed by atoms with Crippen molar-refractivity contribution >= 4 is 59.8 Å². The topological polar surface area (TPSA) is 121 Å². The Bertz CT molecular complexity index is 1200. The Morgan fingerprint density at radius 2 is 1.82 bits per heavy atom. The Labute approximate surface area is 248 Å². The van der Waals surface area contributed by atoms with E-state index in [1.807, 2.05) is 41.1 Å². The van der Waals surface area contributed by atoms with Crippen LogP contribution in [-0.2, 0) is 21.8 Å². The molecule has 39 heavy (non-hydrogen) atoms. The zero-order valence-electron chi connectivity index (χ0n) is 20.7. The fraction of sp³-hybridized carbons (Fsp3) is 0.360. The van der Waals surface area contributed by atoms with Crippen molar-refractivity contribution in [3.63, 3.8) is 0 Å². The van der Waals surface area contributed by atoms with Crippen LogP contribution in [0.1, 0.15) is 5.56 Å². The van der Waals surface area contributed by atoms with Crippen LogP contribution in [0.2, 0.25) is 10.0 Å². The van der Waals surface area contributed by atoms with Crippen LogP contribution >= 0.6 is 48.0 Å². The molecule has 2 atom stereocenters. The molecule has 2 fully saturated rings. The predicted molar refractivity (Wildman–Crippen MR) is 153 cm³/mol. The highest BCUT2D eigenvalue weighted by atomic mass is 35.5. The van der Waals surface area contributed by atoms with Crippen LogP contribution in [0, 0.1) is 0 Å². The molecule has 1 aromatic heterocycles. The van der Waals surface area contributed by atoms with Crippen molar-refractivity contribution in [3.05, 3.63) is 76.8 Å². The maximum Gasteiger partial charge on any atom is 0.407 e. The quantitative estimate of drug-likeness (QED) is 0.415. The Morgan fingerprint density at radius 3 is 2.44 bits per heavy atom. The number of halogens is 4. The smallest absolute Gasteiger partial charge is 0.407 e. The number of hydrogen-bond acceptors (Lipinski definition) is 6. The van der Waals surface area contributed by atoms with E-state index < -0.39 is 11.9 Å². The van der Waals surface area contributed by atoms with Gasteiger partial charge < -0.3 is 39.2 Å². The second kappa shape index (κ2) is 14.3. The molecule has 1 amide bonds. The lowest BCUT2D eigenvalue weighted by Crippen LogP contribution is -2.48. The van der Waals surface area contributed by atoms with Gasteiger partial charge in [-0.15, -0.1) is 24.8 Å². The van der Waals surface area contributed by atoms with Crippen LogP contribution in [-0.4, -0.2) is 76.6 Å². The summed E-state index contributed by atoms with van der Waals surface area (Å²) >= 11 is 12.6. The molecule has 214 valence electrons. The normalized spacial score (nSPS) is 20.4. The number of hydrogen-bond donors (Lipinski definition) is 1. The van der Waals surface area contributed by atoms with Gasteiger partial charge in [-0.05, 0) is 36.4 Å². The highest BCUT2D eigenvalue weighted by molar-refractivity contribution is 6.35. The van der Waals surface area contributed by atoms with Gasteiger partial charge in [0, 0.05) is 54.8 Å². The van der Waals surface area contributed by atoms with Crippen LogP contribution in [0.5, 0.6) is 5.75 Å². The van der Waals surface area contributed by atoms with Gasteiger partial charge in [0.25, 0.3) is 0 Å². The van der Waals surface area contributed by atoms with Gasteiger partial charge in [0.1, 0.15) is 18.5 Å². The van der Waals surface area contributed by atoms with E-state index in [-0.39, 0.29) is 36.4 Å². The molecule has 10 nitrogen and oxygen atoms in total. The number of imidazole rings is 1. The third kappa shape index (κ3) is 7.61. The van der Waals surface area contributed by atoms with E-state index in [4.69, 9.17) is 42.5 Å². The lowest BCUT2D eigenvalue weighted by Gasteiger charge is -2.34. The van der Waals surface area contributed by atoms with Gasteiger partial charge in [-0.2, -0.15) is 0 Å². The van der Waals surface area contributed by atoms with E-state index in [9.17, 15) is 4.79 Å². The van der Waals surface area contributed by atoms with Crippen molar-refractivity contribution in [1.29, 1.82) is 0 Å². The SMILES string of the molecule is Cl.Cl.O.O=C(O)N1CCN(c2ccc(OCC3COC(Cn4ccnc4)(c4ccc(Cl)cc4Cl)O3)cc2)CC1. The minimum Gasteiger partial charge on any atom is -0.491 e. The zero-order valence-corrected chi connectivity index (χ0v) is 23.9. The summed E-state index contributed by atoms with van der Waals surface area (Å²) in [5, 5.41) is 10.1. The van der Waals surface area contributed by atoms with Crippen molar-refractivity contribution < 1.29 is 29.6 Å². The summed E-state index contributed by atoms with van der Waals surface area (Å²) in [4.78, 5) is 18.8. The summed E-state index contributed by atoms with van der Waals surface area (Å²) in [5.74, 6) is -0.388. The van der Waals surface area contributed by atoms with Gasteiger partial charge in [0.15, 0.2) is 0 Å². The monoisotopic (exact) mass is 622 g/mol. The molecule has 0 spiro atoms. The molecule has 3 aromatic rings. The first kappa shape index (κ1) is 32.8. The van der Waals surface area contributed by atoms with Crippen molar-refractivity contribution in [2.45, 2.75) is 18.4 Å². The van der Waals surface area contributed by atoms with Crippen LogP contribution in [0.15, 0.2) is 61.2 Å². The standard InChI is InChI=1S/C25H26Cl2N4O5.2ClH.H2O/c26-18-1-6-22(23(27)13-18)25(16-29-8-7-28-17-29)35-15-21(36-25)14-34-20-4-2-19(3-5-20)30-9-11-31(12-10-30)24(32)33;;;/h1-8,13,17,21H,9-12,14-16H2,(H,32,33);2*1H;1H2. The van der Waals surface area contributed by atoms with E-state index in [1.54, 1.807) is 24.7 Å². The molecule has 2 aromatic carbocycles. The molecule has 2 saturated heterocycles. The number of anilines is 1. The molecular weight excluding hydrogens is 594 g/mol. The molecule has 2 unspecified atom stereocenters. The molecule has 2 aliphatic rings. The van der Waals surface area contributed by atoms with E-state index >= 15 is 0 Å². The largest absolute Gasteiger partial charge is 0.491 e. The number of piperazine rings is 1. The summed E-state index contributed by atoms with van der Waals surface area (Å²) in [6.07, 6.45) is 4.05. The molecule has 3 heterocycles. The van der Waals surface area contributed by atoms with Crippen molar-refractivity contribution in [1.82, 2.24) is 14.5 Å². The summed E-state index contributed by atoms with van der Waals surface area (Å²) < 4.78 is 20.5. The molecular formula is C25H30Cl4N4O6. The molecule has 3 N–H and O–H groups in total. The van der Waals surface area contributed by atoms with Crippen LogP contribution in [0.3, 0.4) is 0 Å². The van der Waals surface area contributed by atoms with E-state index in [2.05, 4.69) is 9.88 Å². The minimum atomic E-state index is -1.10. The fourth-order valence-electron chi connectivity index (χ4n) is 4.47. The lowest BCUT2D eigenvalue weighted by atomic mass is 10.1. The number of amides is 1. The average molecular weight is 624 g/mol. The summed E-state index contributed by atoms with van der Waals surface area (Å²) in [5.41, 5.74) is 1.72. The fourth-order valence-corrected chi connectivity index (χ4v) is 5.03. The average Bonchev–Trinajstić information content (AvgIpc) is 3.54. The number of nitrogens with zero attached hydrogens (tertiary/aromatic N) is 4. The molecule has 2 aliphatic heterocycles. The van der Waals surface area contributed by atoms with Crippen molar-refractivity contribution in [3.8, 4) is 5.75 Å². The Balaban J connectivity index is 0.00000178. The van der Waals surface area contributed by atoms with Gasteiger partial charge in [0.05, 0.1) is 24.5 Å². The Hall–Kier alpha value is -2.44. The number of carboxylic acid groups (broad SMARTS) is 1. The zero-order chi connectivity index (χ0) is 25.1. The number of aromatic nitrogens is 2. The Kier molecular flexibility index (Phi) is 12.0. The van der Waals surface area contributed by atoms with Crippen molar-refractivity contribution in [2.75, 3.05) is 44.3 Å². The minimum absolute atomic E-state index is 0. The van der Waals surface area contributed by atoms with Gasteiger partial charge in [-0.25, -0.2) is 9.78 Å². The van der Waals surface area contributed by atoms with E-state index in [0.717, 1.165) is 5.69 Å². The summed E-state index contributed by atoms with van der Waals surface area (Å²) in [6.45, 7) is 3.30. The van der Waals surface area contributed by atoms with Gasteiger partial charge >= 0.3 is 6.09 Å². The van der Waals surface area contributed by atoms with E-state index in [1.165, 1.54) is 4.90 Å². The maximum absolute atomic E-state index is 11.1. The Morgan fingerprint density at radius 1 is 1.10 bits per heavy atom. The number of rotatable bonds is 7. The predicted octanol–water partition coefficient (Wildman–Crippen LogP) is 4.36. The van der Waals surface area contributed by atoms with Crippen LogP contribution < -0.4 is 9.64 Å². The summed E-state index contributed by atoms with van der Waals surface area (Å²) in [7, 11) is 0. The number of benzene rings is 2. The first-order valence-corrected chi connectivity index (χ1v) is 12.4. The molecule has 0 aliphatic carbocycles. The third-order valence-electron chi connectivity index (χ3n) is 6.34. The molecule has 0 bridgehead atoms. The highest BCUT2D eigenvalue weighted by Gasteiger charge is 2.45. The first-order valence-electron chi connectivity index (χ1n) is 11.6. The molecule has 14 heteroatoms. The molecule has 0 radical (unpaired) electrons. The van der Waals surface area contributed by atoms with Crippen molar-refractivity contribution in [2.24, 2.45) is 0 Å². The highest BCUT2D eigenvalue weighted by Crippen LogP contribution is 2.40. The van der Waals surface area contributed by atoms with Gasteiger partial charge in [-0.1, -0.05) is 29.3 Å².